The van der Waals surface area contributed by atoms with E-state index in [2.05, 4.69) is 0 Å². The molecule has 0 bridgehead atoms. The van der Waals surface area contributed by atoms with Crippen LogP contribution in [-0.2, 0) is 9.84 Å². The van der Waals surface area contributed by atoms with Crippen molar-refractivity contribution in [1.29, 1.82) is 0 Å². The maximum absolute atomic E-state index is 11.6. The van der Waals surface area contributed by atoms with Gasteiger partial charge in [-0.05, 0) is 31.2 Å². The lowest BCUT2D eigenvalue weighted by Crippen LogP contribution is -2.04. The van der Waals surface area contributed by atoms with Crippen molar-refractivity contribution in [3.63, 3.8) is 0 Å². The third-order valence-corrected chi connectivity index (χ3v) is 3.60. The molecule has 0 spiro atoms. The van der Waals surface area contributed by atoms with E-state index in [0.717, 1.165) is 0 Å². The van der Waals surface area contributed by atoms with E-state index < -0.39 is 9.84 Å². The number of halogens is 1. The fraction of sp³-hybridized carbons (Fsp3) is 0.200. The second-order valence-corrected chi connectivity index (χ2v) is 5.28. The van der Waals surface area contributed by atoms with Crippen molar-refractivity contribution >= 4 is 21.4 Å². The summed E-state index contributed by atoms with van der Waals surface area (Å²) in [6.45, 7) is 1.79. The Morgan fingerprint density at radius 3 is 2.36 bits per heavy atom. The molecule has 1 aromatic carbocycles. The van der Waals surface area contributed by atoms with Crippen LogP contribution in [0, 0.1) is 0 Å². The number of hydrogen-bond donors (Lipinski definition) is 0. The van der Waals surface area contributed by atoms with Gasteiger partial charge in [0, 0.05) is 5.02 Å². The smallest absolute Gasteiger partial charge is 0.181 e. The molecule has 1 aromatic rings. The van der Waals surface area contributed by atoms with Gasteiger partial charge in [0.1, 0.15) is 0 Å². The van der Waals surface area contributed by atoms with Crippen LogP contribution in [0.1, 0.15) is 6.92 Å². The Balaban J connectivity index is 2.99. The predicted molar refractivity (Wildman–Crippen MR) is 58.3 cm³/mol. The molecule has 0 fully saturated rings. The number of hydrogen-bond acceptors (Lipinski definition) is 2. The summed E-state index contributed by atoms with van der Waals surface area (Å²) in [4.78, 5) is 0.306. The zero-order valence-electron chi connectivity index (χ0n) is 7.77. The summed E-state index contributed by atoms with van der Waals surface area (Å²) >= 11 is 5.66. The molecule has 0 atom stereocenters. The molecule has 0 aromatic heterocycles. The molecule has 0 radical (unpaired) electrons. The number of rotatable bonds is 3. The monoisotopic (exact) mass is 230 g/mol. The molecule has 0 aliphatic rings. The molecule has 2 nitrogen and oxygen atoms in total. The molecule has 76 valence electrons. The minimum Gasteiger partial charge on any atom is -0.223 e. The first-order chi connectivity index (χ1) is 6.56. The van der Waals surface area contributed by atoms with E-state index in [1.54, 1.807) is 31.2 Å². The Bertz CT molecular complexity index is 418. The predicted octanol–water partition coefficient (Wildman–Crippen LogP) is 2.69. The van der Waals surface area contributed by atoms with Gasteiger partial charge in [-0.25, -0.2) is 8.42 Å². The van der Waals surface area contributed by atoms with Gasteiger partial charge in [-0.2, -0.15) is 0 Å². The summed E-state index contributed by atoms with van der Waals surface area (Å²) < 4.78 is 23.2. The van der Waals surface area contributed by atoms with Crippen molar-refractivity contribution in [2.45, 2.75) is 11.8 Å². The van der Waals surface area contributed by atoms with Crippen molar-refractivity contribution in [3.8, 4) is 0 Å². The molecular weight excluding hydrogens is 220 g/mol. The molecule has 0 N–H and O–H groups in total. The van der Waals surface area contributed by atoms with Gasteiger partial charge in [-0.3, -0.25) is 0 Å². The molecule has 0 unspecified atom stereocenters. The molecule has 0 saturated heterocycles. The molecule has 0 aliphatic carbocycles. The van der Waals surface area contributed by atoms with Crippen molar-refractivity contribution in [2.24, 2.45) is 0 Å². The van der Waals surface area contributed by atoms with Gasteiger partial charge in [0.05, 0.1) is 10.6 Å². The van der Waals surface area contributed by atoms with Crippen molar-refractivity contribution < 1.29 is 8.42 Å². The summed E-state index contributed by atoms with van der Waals surface area (Å²) in [5.41, 5.74) is 0. The second-order valence-electron chi connectivity index (χ2n) is 2.80. The minimum atomic E-state index is -3.18. The van der Waals surface area contributed by atoms with Crippen molar-refractivity contribution in [2.75, 3.05) is 5.75 Å². The van der Waals surface area contributed by atoms with Crippen LogP contribution in [0.25, 0.3) is 0 Å². The first-order valence-corrected chi connectivity index (χ1v) is 6.19. The average Bonchev–Trinajstić information content (AvgIpc) is 2.16. The quantitative estimate of drug-likeness (QED) is 0.749. The van der Waals surface area contributed by atoms with E-state index in [-0.39, 0.29) is 5.75 Å². The molecule has 0 aliphatic heterocycles. The van der Waals surface area contributed by atoms with Gasteiger partial charge in [-0.15, -0.1) is 0 Å². The number of allylic oxidation sites excluding steroid dienone is 1. The zero-order chi connectivity index (χ0) is 10.6. The van der Waals surface area contributed by atoms with E-state index >= 15 is 0 Å². The Morgan fingerprint density at radius 1 is 1.29 bits per heavy atom. The van der Waals surface area contributed by atoms with E-state index in [0.29, 0.717) is 9.92 Å². The van der Waals surface area contributed by atoms with E-state index in [1.165, 1.54) is 12.1 Å². The average molecular weight is 231 g/mol. The first kappa shape index (κ1) is 11.3. The van der Waals surface area contributed by atoms with Crippen LogP contribution in [0.2, 0.25) is 5.02 Å². The third-order valence-electron chi connectivity index (χ3n) is 1.72. The highest BCUT2D eigenvalue weighted by Crippen LogP contribution is 2.15. The van der Waals surface area contributed by atoms with E-state index in [9.17, 15) is 8.42 Å². The minimum absolute atomic E-state index is 0.0329. The van der Waals surface area contributed by atoms with Crippen LogP contribution in [0.5, 0.6) is 0 Å². The Labute approximate surface area is 89.1 Å². The van der Waals surface area contributed by atoms with Gasteiger partial charge < -0.3 is 0 Å². The SMILES string of the molecule is C/C=C/CS(=O)(=O)c1ccc(Cl)cc1. The highest BCUT2D eigenvalue weighted by atomic mass is 35.5. The fourth-order valence-electron chi connectivity index (χ4n) is 0.961. The standard InChI is InChI=1S/C10H11ClO2S/c1-2-3-8-14(12,13)10-6-4-9(11)5-7-10/h2-7H,8H2,1H3/b3-2+. The summed E-state index contributed by atoms with van der Waals surface area (Å²) in [6, 6.07) is 6.18. The molecule has 14 heavy (non-hydrogen) atoms. The molecule has 0 saturated carbocycles. The van der Waals surface area contributed by atoms with Gasteiger partial charge in [0.15, 0.2) is 9.84 Å². The van der Waals surface area contributed by atoms with Crippen LogP contribution in [-0.4, -0.2) is 14.2 Å². The summed E-state index contributed by atoms with van der Waals surface area (Å²) in [5.74, 6) is 0.0329. The molecular formula is C10H11ClO2S. The maximum atomic E-state index is 11.6. The topological polar surface area (TPSA) is 34.1 Å². The van der Waals surface area contributed by atoms with Crippen LogP contribution >= 0.6 is 11.6 Å². The van der Waals surface area contributed by atoms with Crippen molar-refractivity contribution in [1.82, 2.24) is 0 Å². The lowest BCUT2D eigenvalue weighted by Gasteiger charge is -2.00. The highest BCUT2D eigenvalue weighted by molar-refractivity contribution is 7.91. The number of sulfone groups is 1. The fourth-order valence-corrected chi connectivity index (χ4v) is 2.28. The first-order valence-electron chi connectivity index (χ1n) is 4.16. The van der Waals surface area contributed by atoms with Gasteiger partial charge in [-0.1, -0.05) is 23.8 Å². The van der Waals surface area contributed by atoms with Gasteiger partial charge in [0.25, 0.3) is 0 Å². The Morgan fingerprint density at radius 2 is 1.86 bits per heavy atom. The Kier molecular flexibility index (Phi) is 3.72. The van der Waals surface area contributed by atoms with Crippen LogP contribution in [0.3, 0.4) is 0 Å². The molecule has 0 heterocycles. The van der Waals surface area contributed by atoms with E-state index in [4.69, 9.17) is 11.6 Å². The van der Waals surface area contributed by atoms with Gasteiger partial charge in [0.2, 0.25) is 0 Å². The number of benzene rings is 1. The lowest BCUT2D eigenvalue weighted by molar-refractivity contribution is 0.599. The van der Waals surface area contributed by atoms with Gasteiger partial charge >= 0.3 is 0 Å². The highest BCUT2D eigenvalue weighted by Gasteiger charge is 2.11. The largest absolute Gasteiger partial charge is 0.223 e. The van der Waals surface area contributed by atoms with E-state index in [1.807, 2.05) is 0 Å². The summed E-state index contributed by atoms with van der Waals surface area (Å²) in [7, 11) is -3.18. The second kappa shape index (κ2) is 4.62. The zero-order valence-corrected chi connectivity index (χ0v) is 9.35. The van der Waals surface area contributed by atoms with Crippen molar-refractivity contribution in [3.05, 3.63) is 41.4 Å². The summed E-state index contributed by atoms with van der Waals surface area (Å²) in [6.07, 6.45) is 3.33. The normalized spacial score (nSPS) is 12.1. The Hall–Kier alpha value is -0.800. The molecule has 1 rings (SSSR count). The summed E-state index contributed by atoms with van der Waals surface area (Å²) in [5, 5.41) is 0.537. The lowest BCUT2D eigenvalue weighted by atomic mass is 10.4. The van der Waals surface area contributed by atoms with Crippen LogP contribution in [0.4, 0.5) is 0 Å². The van der Waals surface area contributed by atoms with Crippen LogP contribution in [0.15, 0.2) is 41.3 Å². The molecule has 4 heteroatoms. The third kappa shape index (κ3) is 2.86. The molecule has 0 amide bonds. The van der Waals surface area contributed by atoms with Crippen LogP contribution < -0.4 is 0 Å². The maximum Gasteiger partial charge on any atom is 0.181 e.